The number of rotatable bonds is 7. The van der Waals surface area contributed by atoms with E-state index in [9.17, 15) is 14.9 Å². The van der Waals surface area contributed by atoms with Gasteiger partial charge in [0.1, 0.15) is 12.4 Å². The molecule has 0 bridgehead atoms. The lowest BCUT2D eigenvalue weighted by atomic mass is 10.0. The van der Waals surface area contributed by atoms with Crippen LogP contribution in [0.2, 0.25) is 0 Å². The molecule has 0 unspecified atom stereocenters. The van der Waals surface area contributed by atoms with Crippen molar-refractivity contribution in [1.82, 2.24) is 5.43 Å². The van der Waals surface area contributed by atoms with Crippen LogP contribution in [0.25, 0.3) is 10.8 Å². The van der Waals surface area contributed by atoms with E-state index in [-0.39, 0.29) is 12.3 Å². The molecule has 176 valence electrons. The summed E-state index contributed by atoms with van der Waals surface area (Å²) in [4.78, 5) is 22.9. The number of non-ortho nitro benzene ring substituents is 1. The zero-order valence-corrected chi connectivity index (χ0v) is 20.3. The van der Waals surface area contributed by atoms with Crippen molar-refractivity contribution >= 4 is 50.3 Å². The fraction of sp³-hybridized carbons (Fsp3) is 0.0769. The second kappa shape index (κ2) is 10.8. The van der Waals surface area contributed by atoms with Crippen molar-refractivity contribution < 1.29 is 14.5 Å². The maximum atomic E-state index is 12.3. The number of hydrogen-bond acceptors (Lipinski definition) is 5. The Morgan fingerprint density at radius 1 is 1.09 bits per heavy atom. The van der Waals surface area contributed by atoms with Crippen molar-refractivity contribution in [2.75, 3.05) is 5.32 Å². The van der Waals surface area contributed by atoms with Crippen molar-refractivity contribution in [2.45, 2.75) is 13.5 Å². The summed E-state index contributed by atoms with van der Waals surface area (Å²) in [5.74, 6) is 0.532. The van der Waals surface area contributed by atoms with Crippen LogP contribution in [0, 0.1) is 17.0 Å². The lowest BCUT2D eigenvalue weighted by molar-refractivity contribution is -0.384. The number of nitro groups is 1. The zero-order valence-electron chi connectivity index (χ0n) is 18.7. The summed E-state index contributed by atoms with van der Waals surface area (Å²) in [6.45, 7) is 2.07. The number of amides is 2. The molecule has 0 heterocycles. The fourth-order valence-electron chi connectivity index (χ4n) is 3.49. The number of anilines is 1. The minimum Gasteiger partial charge on any atom is -0.488 e. The molecular weight excluding hydrogens is 512 g/mol. The number of ether oxygens (including phenoxy) is 1. The van der Waals surface area contributed by atoms with Gasteiger partial charge in [-0.2, -0.15) is 5.10 Å². The Hall–Kier alpha value is -4.24. The molecule has 4 aromatic carbocycles. The number of hydrazone groups is 1. The van der Waals surface area contributed by atoms with Crippen LogP contribution in [-0.2, 0) is 6.61 Å². The summed E-state index contributed by atoms with van der Waals surface area (Å²) in [7, 11) is 0. The zero-order chi connectivity index (χ0) is 24.8. The minimum atomic E-state index is -0.484. The molecule has 4 rings (SSSR count). The van der Waals surface area contributed by atoms with E-state index in [1.54, 1.807) is 18.2 Å². The third-order valence-corrected chi connectivity index (χ3v) is 6.11. The number of nitro benzene ring substituents is 1. The van der Waals surface area contributed by atoms with Crippen LogP contribution < -0.4 is 15.5 Å². The maximum Gasteiger partial charge on any atom is 0.339 e. The van der Waals surface area contributed by atoms with Crippen LogP contribution in [0.3, 0.4) is 0 Å². The molecule has 0 radical (unpaired) electrons. The summed E-state index contributed by atoms with van der Waals surface area (Å²) < 4.78 is 6.95. The van der Waals surface area contributed by atoms with Gasteiger partial charge in [0.15, 0.2) is 0 Å². The molecule has 0 aliphatic rings. The van der Waals surface area contributed by atoms with Crippen molar-refractivity contribution in [3.8, 4) is 5.75 Å². The molecule has 0 saturated carbocycles. The summed E-state index contributed by atoms with van der Waals surface area (Å²) in [6.07, 6.45) is 1.53. The quantitative estimate of drug-likeness (QED) is 0.160. The van der Waals surface area contributed by atoms with E-state index in [0.717, 1.165) is 20.8 Å². The molecule has 0 spiro atoms. The third kappa shape index (κ3) is 6.01. The van der Waals surface area contributed by atoms with Crippen LogP contribution in [0.5, 0.6) is 5.75 Å². The topological polar surface area (TPSA) is 106 Å². The summed E-state index contributed by atoms with van der Waals surface area (Å²) in [5.41, 5.74) is 5.45. The van der Waals surface area contributed by atoms with E-state index in [0.29, 0.717) is 22.6 Å². The monoisotopic (exact) mass is 532 g/mol. The highest BCUT2D eigenvalue weighted by atomic mass is 79.9. The number of carbonyl (C=O) groups is 1. The summed E-state index contributed by atoms with van der Waals surface area (Å²) >= 11 is 3.43. The Bertz CT molecular complexity index is 1440. The van der Waals surface area contributed by atoms with Gasteiger partial charge in [-0.15, -0.1) is 0 Å². The number of nitrogens with zero attached hydrogens (tertiary/aromatic N) is 2. The van der Waals surface area contributed by atoms with Gasteiger partial charge in [0.05, 0.1) is 11.1 Å². The Morgan fingerprint density at radius 3 is 2.71 bits per heavy atom. The molecule has 2 N–H and O–H groups in total. The second-order valence-electron chi connectivity index (χ2n) is 7.70. The molecule has 0 aliphatic heterocycles. The molecule has 0 atom stereocenters. The molecule has 35 heavy (non-hydrogen) atoms. The highest BCUT2D eigenvalue weighted by Gasteiger charge is 2.10. The van der Waals surface area contributed by atoms with Gasteiger partial charge in [-0.1, -0.05) is 58.4 Å². The molecule has 8 nitrogen and oxygen atoms in total. The Balaban J connectivity index is 1.52. The van der Waals surface area contributed by atoms with Crippen LogP contribution >= 0.6 is 15.9 Å². The second-order valence-corrected chi connectivity index (χ2v) is 8.56. The first kappa shape index (κ1) is 23.9. The van der Waals surface area contributed by atoms with Crippen LogP contribution in [0.1, 0.15) is 16.7 Å². The van der Waals surface area contributed by atoms with Crippen molar-refractivity contribution in [3.05, 3.63) is 110 Å². The van der Waals surface area contributed by atoms with Gasteiger partial charge >= 0.3 is 6.03 Å². The van der Waals surface area contributed by atoms with E-state index in [2.05, 4.69) is 31.8 Å². The lowest BCUT2D eigenvalue weighted by Gasteiger charge is -2.12. The number of halogens is 1. The fourth-order valence-corrected chi connectivity index (χ4v) is 3.74. The summed E-state index contributed by atoms with van der Waals surface area (Å²) in [5, 5.41) is 19.8. The van der Waals surface area contributed by atoms with Gasteiger partial charge in [0, 0.05) is 27.9 Å². The average molecular weight is 533 g/mol. The van der Waals surface area contributed by atoms with Gasteiger partial charge in [-0.3, -0.25) is 10.1 Å². The molecular formula is C26H21BrN4O4. The number of carbonyl (C=O) groups excluding carboxylic acids is 1. The van der Waals surface area contributed by atoms with Gasteiger partial charge < -0.3 is 10.1 Å². The normalized spacial score (nSPS) is 10.9. The first-order valence-corrected chi connectivity index (χ1v) is 11.4. The van der Waals surface area contributed by atoms with E-state index in [1.165, 1.54) is 18.3 Å². The largest absolute Gasteiger partial charge is 0.488 e. The van der Waals surface area contributed by atoms with Crippen LogP contribution in [-0.4, -0.2) is 17.2 Å². The number of fused-ring (bicyclic) bond motifs is 1. The molecule has 0 saturated heterocycles. The lowest BCUT2D eigenvalue weighted by Crippen LogP contribution is -2.24. The minimum absolute atomic E-state index is 0.00239. The molecule has 0 fully saturated rings. The highest BCUT2D eigenvalue weighted by Crippen LogP contribution is 2.28. The molecule has 2 amide bonds. The van der Waals surface area contributed by atoms with E-state index in [4.69, 9.17) is 4.74 Å². The Kier molecular flexibility index (Phi) is 7.37. The number of urea groups is 1. The average Bonchev–Trinajstić information content (AvgIpc) is 2.85. The van der Waals surface area contributed by atoms with Crippen molar-refractivity contribution in [2.24, 2.45) is 5.10 Å². The Morgan fingerprint density at radius 2 is 1.91 bits per heavy atom. The highest BCUT2D eigenvalue weighted by molar-refractivity contribution is 9.10. The first-order chi connectivity index (χ1) is 16.9. The first-order valence-electron chi connectivity index (χ1n) is 10.6. The van der Waals surface area contributed by atoms with Crippen molar-refractivity contribution in [3.63, 3.8) is 0 Å². The SMILES string of the molecule is Cc1cc(NC(=O)N/N=C/c2c(OCc3cccc([N+](=O)[O-])c3)ccc3ccccc23)ccc1Br. The van der Waals surface area contributed by atoms with Crippen molar-refractivity contribution in [1.29, 1.82) is 0 Å². The van der Waals surface area contributed by atoms with Gasteiger partial charge in [0.25, 0.3) is 5.69 Å². The third-order valence-electron chi connectivity index (χ3n) is 5.22. The molecule has 4 aromatic rings. The van der Waals surface area contributed by atoms with E-state index < -0.39 is 11.0 Å². The predicted molar refractivity (Wildman–Crippen MR) is 140 cm³/mol. The summed E-state index contributed by atoms with van der Waals surface area (Å²) in [6, 6.07) is 22.8. The van der Waals surface area contributed by atoms with Gasteiger partial charge in [-0.25, -0.2) is 10.2 Å². The Labute approximate surface area is 209 Å². The van der Waals surface area contributed by atoms with E-state index >= 15 is 0 Å². The number of aryl methyl sites for hydroxylation is 1. The number of hydrogen-bond donors (Lipinski definition) is 2. The number of nitrogens with one attached hydrogen (secondary N) is 2. The predicted octanol–water partition coefficient (Wildman–Crippen LogP) is 6.55. The standard InChI is InChI=1S/C26H21BrN4O4/c1-17-13-20(10-11-24(17)27)29-26(32)30-28-15-23-22-8-3-2-6-19(22)9-12-25(23)35-16-18-5-4-7-21(14-18)31(33)34/h2-15H,16H2,1H3,(H2,29,30,32)/b28-15+. The smallest absolute Gasteiger partial charge is 0.339 e. The van der Waals surface area contributed by atoms with Crippen LogP contribution in [0.15, 0.2) is 88.4 Å². The van der Waals surface area contributed by atoms with E-state index in [1.807, 2.05) is 55.5 Å². The van der Waals surface area contributed by atoms with Crippen LogP contribution in [0.4, 0.5) is 16.2 Å². The molecule has 9 heteroatoms. The maximum absolute atomic E-state index is 12.3. The van der Waals surface area contributed by atoms with Gasteiger partial charge in [0.2, 0.25) is 0 Å². The molecule has 0 aliphatic carbocycles. The van der Waals surface area contributed by atoms with Gasteiger partial charge in [-0.05, 0) is 53.1 Å². The number of benzene rings is 4. The molecule has 0 aromatic heterocycles.